The number of nitriles is 1. The van der Waals surface area contributed by atoms with E-state index in [-0.39, 0.29) is 5.91 Å². The van der Waals surface area contributed by atoms with E-state index in [0.29, 0.717) is 17.0 Å². The Morgan fingerprint density at radius 2 is 2.00 bits per heavy atom. The molecule has 5 nitrogen and oxygen atoms in total. The van der Waals surface area contributed by atoms with Crippen molar-refractivity contribution in [1.29, 1.82) is 5.26 Å². The van der Waals surface area contributed by atoms with Crippen LogP contribution in [0.15, 0.2) is 18.2 Å². The molecular weight excluding hydrogens is 300 g/mol. The van der Waals surface area contributed by atoms with Crippen LogP contribution in [0, 0.1) is 11.3 Å². The van der Waals surface area contributed by atoms with Crippen LogP contribution in [0.1, 0.15) is 12.0 Å². The third-order valence-corrected chi connectivity index (χ3v) is 4.23. The van der Waals surface area contributed by atoms with Crippen molar-refractivity contribution in [3.63, 3.8) is 0 Å². The fourth-order valence-corrected chi connectivity index (χ4v) is 2.82. The molecule has 6 heteroatoms. The van der Waals surface area contributed by atoms with Crippen LogP contribution in [-0.2, 0) is 4.79 Å². The minimum absolute atomic E-state index is 0.164. The van der Waals surface area contributed by atoms with Crippen LogP contribution >= 0.6 is 11.6 Å². The predicted octanol–water partition coefficient (Wildman–Crippen LogP) is 1.81. The van der Waals surface area contributed by atoms with Gasteiger partial charge in [0.15, 0.2) is 0 Å². The van der Waals surface area contributed by atoms with Gasteiger partial charge in [-0.05, 0) is 18.2 Å². The molecule has 0 aromatic heterocycles. The molecule has 1 aromatic rings. The Balaban J connectivity index is 1.87. The fourth-order valence-electron chi connectivity index (χ4n) is 2.52. The fraction of sp³-hybridized carbons (Fsp3) is 0.500. The number of hydrogen-bond acceptors (Lipinski definition) is 4. The quantitative estimate of drug-likeness (QED) is 0.849. The highest BCUT2D eigenvalue weighted by Crippen LogP contribution is 2.27. The maximum Gasteiger partial charge on any atom is 0.223 e. The van der Waals surface area contributed by atoms with Crippen LogP contribution in [-0.4, -0.2) is 62.5 Å². The van der Waals surface area contributed by atoms with Gasteiger partial charge in [-0.25, -0.2) is 0 Å². The second-order valence-electron chi connectivity index (χ2n) is 5.64. The van der Waals surface area contributed by atoms with E-state index in [1.807, 2.05) is 6.07 Å². The first-order valence-corrected chi connectivity index (χ1v) is 7.76. The molecule has 1 saturated heterocycles. The Labute approximate surface area is 136 Å². The van der Waals surface area contributed by atoms with Crippen LogP contribution in [0.2, 0.25) is 5.02 Å². The number of anilines is 1. The maximum absolute atomic E-state index is 11.6. The van der Waals surface area contributed by atoms with Crippen LogP contribution in [0.25, 0.3) is 0 Å². The van der Waals surface area contributed by atoms with Crippen molar-refractivity contribution in [3.05, 3.63) is 28.8 Å². The minimum Gasteiger partial charge on any atom is -0.368 e. The summed E-state index contributed by atoms with van der Waals surface area (Å²) in [6.07, 6.45) is 0.560. The van der Waals surface area contributed by atoms with E-state index in [0.717, 1.165) is 38.4 Å². The monoisotopic (exact) mass is 320 g/mol. The highest BCUT2D eigenvalue weighted by molar-refractivity contribution is 6.33. The average Bonchev–Trinajstić information content (AvgIpc) is 2.53. The minimum atomic E-state index is 0.164. The molecule has 22 heavy (non-hydrogen) atoms. The van der Waals surface area contributed by atoms with Gasteiger partial charge >= 0.3 is 0 Å². The highest BCUT2D eigenvalue weighted by atomic mass is 35.5. The summed E-state index contributed by atoms with van der Waals surface area (Å²) in [6, 6.07) is 7.51. The summed E-state index contributed by atoms with van der Waals surface area (Å²) in [5.74, 6) is 0.164. The molecule has 1 heterocycles. The molecule has 0 bridgehead atoms. The first-order chi connectivity index (χ1) is 10.5. The zero-order valence-corrected chi connectivity index (χ0v) is 13.8. The average molecular weight is 321 g/mol. The third-order valence-electron chi connectivity index (χ3n) is 3.93. The molecule has 0 saturated carbocycles. The predicted molar refractivity (Wildman–Crippen MR) is 88.1 cm³/mol. The van der Waals surface area contributed by atoms with E-state index in [1.165, 1.54) is 0 Å². The molecule has 0 unspecified atom stereocenters. The summed E-state index contributed by atoms with van der Waals surface area (Å²) >= 11 is 6.26. The SMILES string of the molecule is CN(C)C(=O)CCN1CCN(c2ccc(C#N)cc2Cl)CC1. The lowest BCUT2D eigenvalue weighted by Crippen LogP contribution is -2.47. The van der Waals surface area contributed by atoms with Crippen molar-refractivity contribution in [3.8, 4) is 6.07 Å². The Morgan fingerprint density at radius 3 is 2.55 bits per heavy atom. The van der Waals surface area contributed by atoms with Gasteiger partial charge in [-0.1, -0.05) is 11.6 Å². The van der Waals surface area contributed by atoms with Gasteiger partial charge < -0.3 is 9.80 Å². The van der Waals surface area contributed by atoms with Crippen molar-refractivity contribution < 1.29 is 4.79 Å². The molecule has 0 aliphatic carbocycles. The van der Waals surface area contributed by atoms with Gasteiger partial charge in [-0.15, -0.1) is 0 Å². The Morgan fingerprint density at radius 1 is 1.32 bits per heavy atom. The topological polar surface area (TPSA) is 50.6 Å². The summed E-state index contributed by atoms with van der Waals surface area (Å²) in [5.41, 5.74) is 1.55. The zero-order chi connectivity index (χ0) is 16.1. The molecule has 0 atom stereocenters. The lowest BCUT2D eigenvalue weighted by atomic mass is 10.2. The van der Waals surface area contributed by atoms with Crippen molar-refractivity contribution in [2.45, 2.75) is 6.42 Å². The Hall–Kier alpha value is -1.77. The Kier molecular flexibility index (Phi) is 5.64. The van der Waals surface area contributed by atoms with E-state index in [4.69, 9.17) is 16.9 Å². The van der Waals surface area contributed by atoms with Gasteiger partial charge in [0, 0.05) is 53.2 Å². The standard InChI is InChI=1S/C16H21ClN4O/c1-19(2)16(22)5-6-20-7-9-21(10-8-20)15-4-3-13(12-18)11-14(15)17/h3-4,11H,5-10H2,1-2H3. The lowest BCUT2D eigenvalue weighted by molar-refractivity contribution is -0.129. The van der Waals surface area contributed by atoms with Crippen LogP contribution in [0.3, 0.4) is 0 Å². The van der Waals surface area contributed by atoms with Crippen molar-refractivity contribution in [2.24, 2.45) is 0 Å². The molecule has 0 radical (unpaired) electrons. The summed E-state index contributed by atoms with van der Waals surface area (Å²) < 4.78 is 0. The van der Waals surface area contributed by atoms with Gasteiger partial charge in [-0.2, -0.15) is 5.26 Å². The zero-order valence-electron chi connectivity index (χ0n) is 13.0. The maximum atomic E-state index is 11.6. The second-order valence-corrected chi connectivity index (χ2v) is 6.05. The van der Waals surface area contributed by atoms with Crippen LogP contribution < -0.4 is 4.90 Å². The first kappa shape index (κ1) is 16.6. The summed E-state index contributed by atoms with van der Waals surface area (Å²) in [4.78, 5) is 17.8. The smallest absolute Gasteiger partial charge is 0.223 e. The van der Waals surface area contributed by atoms with E-state index in [9.17, 15) is 4.79 Å². The number of halogens is 1. The summed E-state index contributed by atoms with van der Waals surface area (Å²) in [7, 11) is 3.57. The van der Waals surface area contributed by atoms with E-state index < -0.39 is 0 Å². The molecule has 1 amide bonds. The highest BCUT2D eigenvalue weighted by Gasteiger charge is 2.19. The number of rotatable bonds is 4. The van der Waals surface area contributed by atoms with Gasteiger partial charge in [0.25, 0.3) is 0 Å². The number of hydrogen-bond donors (Lipinski definition) is 0. The molecule has 1 fully saturated rings. The molecule has 2 rings (SSSR count). The van der Waals surface area contributed by atoms with Crippen LogP contribution in [0.4, 0.5) is 5.69 Å². The van der Waals surface area contributed by atoms with Crippen molar-refractivity contribution in [1.82, 2.24) is 9.80 Å². The Bertz CT molecular complexity index is 574. The number of carbonyl (C=O) groups excluding carboxylic acids is 1. The van der Waals surface area contributed by atoms with Crippen LogP contribution in [0.5, 0.6) is 0 Å². The van der Waals surface area contributed by atoms with Crippen molar-refractivity contribution >= 4 is 23.2 Å². The number of piperazine rings is 1. The molecule has 1 aromatic carbocycles. The number of amides is 1. The molecular formula is C16H21ClN4O. The summed E-state index contributed by atoms with van der Waals surface area (Å²) in [5, 5.41) is 9.50. The largest absolute Gasteiger partial charge is 0.368 e. The van der Waals surface area contributed by atoms with Gasteiger partial charge in [0.1, 0.15) is 0 Å². The van der Waals surface area contributed by atoms with Gasteiger partial charge in [0.2, 0.25) is 5.91 Å². The second kappa shape index (κ2) is 7.48. The molecule has 0 N–H and O–H groups in total. The summed E-state index contributed by atoms with van der Waals surface area (Å²) in [6.45, 7) is 4.38. The molecule has 118 valence electrons. The lowest BCUT2D eigenvalue weighted by Gasteiger charge is -2.36. The number of benzene rings is 1. The van der Waals surface area contributed by atoms with E-state index in [1.54, 1.807) is 31.1 Å². The van der Waals surface area contributed by atoms with E-state index >= 15 is 0 Å². The third kappa shape index (κ3) is 4.12. The molecule has 1 aliphatic heterocycles. The van der Waals surface area contributed by atoms with Crippen molar-refractivity contribution in [2.75, 3.05) is 51.7 Å². The molecule has 0 spiro atoms. The van der Waals surface area contributed by atoms with Gasteiger partial charge in [0.05, 0.1) is 22.3 Å². The number of nitrogens with zero attached hydrogens (tertiary/aromatic N) is 4. The first-order valence-electron chi connectivity index (χ1n) is 7.38. The molecule has 1 aliphatic rings. The van der Waals surface area contributed by atoms with Gasteiger partial charge in [-0.3, -0.25) is 9.69 Å². The normalized spacial score (nSPS) is 15.5. The number of carbonyl (C=O) groups is 1. The van der Waals surface area contributed by atoms with E-state index in [2.05, 4.69) is 15.9 Å².